The zero-order chi connectivity index (χ0) is 19.0. The van der Waals surface area contributed by atoms with Gasteiger partial charge in [-0.25, -0.2) is 9.37 Å². The van der Waals surface area contributed by atoms with E-state index in [2.05, 4.69) is 14.7 Å². The molecule has 0 amide bonds. The topological polar surface area (TPSA) is 83.0 Å². The fraction of sp³-hybridized carbons (Fsp3) is 0.526. The van der Waals surface area contributed by atoms with Gasteiger partial charge in [0.25, 0.3) is 5.56 Å². The van der Waals surface area contributed by atoms with Crippen LogP contribution in [0.15, 0.2) is 15.7 Å². The molecular formula is C19H20FN5O2S. The lowest BCUT2D eigenvalue weighted by molar-refractivity contribution is 0.340. The minimum absolute atomic E-state index is 0.120. The number of hydrogen-bond donors (Lipinski definition) is 2. The van der Waals surface area contributed by atoms with Crippen LogP contribution in [-0.2, 0) is 0 Å². The Morgan fingerprint density at radius 2 is 2.07 bits per heavy atom. The molecule has 2 unspecified atom stereocenters. The molecule has 0 spiro atoms. The van der Waals surface area contributed by atoms with Crippen molar-refractivity contribution in [2.75, 3.05) is 24.5 Å². The van der Waals surface area contributed by atoms with Crippen LogP contribution in [0.3, 0.4) is 0 Å². The molecular weight excluding hydrogens is 381 g/mol. The van der Waals surface area contributed by atoms with Crippen molar-refractivity contribution in [1.82, 2.24) is 19.2 Å². The van der Waals surface area contributed by atoms with E-state index in [1.807, 2.05) is 9.47 Å². The summed E-state index contributed by atoms with van der Waals surface area (Å²) in [5.74, 6) is 0.338. The summed E-state index contributed by atoms with van der Waals surface area (Å²) < 4.78 is 19.7. The van der Waals surface area contributed by atoms with Gasteiger partial charge in [0.2, 0.25) is 5.43 Å². The molecule has 3 fully saturated rings. The van der Waals surface area contributed by atoms with Gasteiger partial charge in [-0.15, -0.1) is 0 Å². The Morgan fingerprint density at radius 3 is 2.86 bits per heavy atom. The van der Waals surface area contributed by atoms with Gasteiger partial charge in [-0.1, -0.05) is 0 Å². The third-order valence-corrected chi connectivity index (χ3v) is 7.23. The second-order valence-corrected chi connectivity index (χ2v) is 8.97. The number of pyridine rings is 2. The highest BCUT2D eigenvalue weighted by molar-refractivity contribution is 7.12. The van der Waals surface area contributed by atoms with E-state index in [4.69, 9.17) is 0 Å². The first kappa shape index (κ1) is 16.7. The fourth-order valence-corrected chi connectivity index (χ4v) is 5.74. The normalized spacial score (nSPS) is 25.0. The minimum atomic E-state index is -0.489. The summed E-state index contributed by atoms with van der Waals surface area (Å²) in [4.78, 5) is 32.4. The average Bonchev–Trinajstić information content (AvgIpc) is 3.31. The predicted octanol–water partition coefficient (Wildman–Crippen LogP) is 1.96. The number of rotatable bonds is 2. The molecule has 6 rings (SSSR count). The van der Waals surface area contributed by atoms with Crippen molar-refractivity contribution >= 4 is 38.6 Å². The molecule has 1 saturated carbocycles. The van der Waals surface area contributed by atoms with E-state index < -0.39 is 16.8 Å². The number of fused-ring (bicyclic) bond motifs is 3. The predicted molar refractivity (Wildman–Crippen MR) is 107 cm³/mol. The monoisotopic (exact) mass is 401 g/mol. The first-order valence-corrected chi connectivity index (χ1v) is 10.7. The number of nitrogens with zero attached hydrogens (tertiary/aromatic N) is 3. The van der Waals surface area contributed by atoms with Crippen LogP contribution in [0.5, 0.6) is 0 Å². The zero-order valence-corrected chi connectivity index (χ0v) is 16.0. The smallest absolute Gasteiger partial charge is 0.271 e. The number of aromatic nitrogens is 3. The van der Waals surface area contributed by atoms with E-state index in [9.17, 15) is 9.59 Å². The van der Waals surface area contributed by atoms with Crippen LogP contribution >= 0.6 is 11.5 Å². The number of aromatic amines is 1. The molecule has 28 heavy (non-hydrogen) atoms. The largest absolute Gasteiger partial charge is 0.352 e. The number of halogens is 1. The highest BCUT2D eigenvalue weighted by Gasteiger charge is 2.36. The maximum Gasteiger partial charge on any atom is 0.271 e. The van der Waals surface area contributed by atoms with Crippen molar-refractivity contribution in [2.45, 2.75) is 37.8 Å². The van der Waals surface area contributed by atoms with Crippen LogP contribution in [0, 0.1) is 11.7 Å². The van der Waals surface area contributed by atoms with Gasteiger partial charge in [0, 0.05) is 25.2 Å². The highest BCUT2D eigenvalue weighted by atomic mass is 32.1. The maximum absolute atomic E-state index is 15.0. The fourth-order valence-electron chi connectivity index (χ4n) is 4.83. The van der Waals surface area contributed by atoms with Crippen molar-refractivity contribution in [3.05, 3.63) is 32.5 Å². The maximum atomic E-state index is 15.0. The number of piperidine rings is 1. The standard InChI is InChI=1S/C19H20FN5O2S/c20-12-6-11-15(26)14-18(27)23-28-19(14)25(10-3-4-10)16(11)22-17(12)24-7-9-2-1-5-21-13(9)8-24/h6,9-10,13,21H,1-5,7-8H2,(H,23,27). The van der Waals surface area contributed by atoms with Gasteiger partial charge < -0.3 is 14.8 Å². The molecule has 2 saturated heterocycles. The Morgan fingerprint density at radius 1 is 1.21 bits per heavy atom. The van der Waals surface area contributed by atoms with E-state index in [1.54, 1.807) is 0 Å². The number of nitrogens with one attached hydrogen (secondary N) is 2. The minimum Gasteiger partial charge on any atom is -0.352 e. The third kappa shape index (κ3) is 2.32. The van der Waals surface area contributed by atoms with Crippen LogP contribution < -0.4 is 21.2 Å². The lowest BCUT2D eigenvalue weighted by Gasteiger charge is -2.24. The molecule has 0 radical (unpaired) electrons. The molecule has 5 heterocycles. The van der Waals surface area contributed by atoms with Crippen molar-refractivity contribution in [3.8, 4) is 0 Å². The van der Waals surface area contributed by atoms with E-state index in [-0.39, 0.29) is 16.8 Å². The SMILES string of the molecule is O=c1[nH]sc2c1c(=O)c1cc(F)c(N3CC4CCCNC4C3)nc1n2C1CC1. The Kier molecular flexibility index (Phi) is 3.49. The Bertz CT molecular complexity index is 1210. The number of hydrogen-bond acceptors (Lipinski definition) is 6. The summed E-state index contributed by atoms with van der Waals surface area (Å²) >= 11 is 1.16. The van der Waals surface area contributed by atoms with Gasteiger partial charge in [-0.2, -0.15) is 0 Å². The molecule has 3 aliphatic rings. The summed E-state index contributed by atoms with van der Waals surface area (Å²) in [6.45, 7) is 2.52. The van der Waals surface area contributed by atoms with Crippen molar-refractivity contribution in [1.29, 1.82) is 0 Å². The molecule has 2 aliphatic heterocycles. The van der Waals surface area contributed by atoms with E-state index >= 15 is 4.39 Å². The number of H-pyrrole nitrogens is 1. The van der Waals surface area contributed by atoms with Gasteiger partial charge in [0.05, 0.1) is 5.39 Å². The lowest BCUT2D eigenvalue weighted by Crippen LogP contribution is -2.40. The molecule has 9 heteroatoms. The zero-order valence-electron chi connectivity index (χ0n) is 15.2. The first-order valence-electron chi connectivity index (χ1n) is 9.86. The molecule has 2 N–H and O–H groups in total. The second-order valence-electron chi connectivity index (χ2n) is 8.18. The van der Waals surface area contributed by atoms with E-state index in [0.717, 1.165) is 56.9 Å². The van der Waals surface area contributed by atoms with Crippen molar-refractivity contribution in [2.24, 2.45) is 5.92 Å². The second kappa shape index (κ2) is 5.87. The summed E-state index contributed by atoms with van der Waals surface area (Å²) in [6.07, 6.45) is 4.25. The van der Waals surface area contributed by atoms with Crippen LogP contribution in [-0.4, -0.2) is 39.6 Å². The summed E-state index contributed by atoms with van der Waals surface area (Å²) in [6, 6.07) is 1.87. The van der Waals surface area contributed by atoms with Gasteiger partial charge in [-0.05, 0) is 55.7 Å². The third-order valence-electron chi connectivity index (χ3n) is 6.35. The average molecular weight is 401 g/mol. The molecule has 3 aromatic heterocycles. The molecule has 146 valence electrons. The summed E-state index contributed by atoms with van der Waals surface area (Å²) in [7, 11) is 0. The van der Waals surface area contributed by atoms with Gasteiger partial charge in [0.1, 0.15) is 15.9 Å². The van der Waals surface area contributed by atoms with Crippen LogP contribution in [0.25, 0.3) is 21.3 Å². The quantitative estimate of drug-likeness (QED) is 0.686. The Labute approximate surface area is 163 Å². The number of anilines is 1. The molecule has 0 aromatic carbocycles. The molecule has 1 aliphatic carbocycles. The molecule has 0 bridgehead atoms. The molecule has 3 aromatic rings. The van der Waals surface area contributed by atoms with Crippen LogP contribution in [0.4, 0.5) is 10.2 Å². The van der Waals surface area contributed by atoms with Gasteiger partial charge in [0.15, 0.2) is 11.6 Å². The summed E-state index contributed by atoms with van der Waals surface area (Å²) in [5, 5.41) is 3.84. The highest BCUT2D eigenvalue weighted by Crippen LogP contribution is 2.40. The van der Waals surface area contributed by atoms with Crippen LogP contribution in [0.2, 0.25) is 0 Å². The molecule has 2 atom stereocenters. The van der Waals surface area contributed by atoms with E-state index in [1.165, 1.54) is 6.07 Å². The Hall–Kier alpha value is -2.26. The van der Waals surface area contributed by atoms with Crippen molar-refractivity contribution in [3.63, 3.8) is 0 Å². The van der Waals surface area contributed by atoms with E-state index in [0.29, 0.717) is 28.3 Å². The summed E-state index contributed by atoms with van der Waals surface area (Å²) in [5.41, 5.74) is -0.339. The lowest BCUT2D eigenvalue weighted by atomic mass is 9.94. The van der Waals surface area contributed by atoms with Gasteiger partial charge >= 0.3 is 0 Å². The Balaban J connectivity index is 1.57. The van der Waals surface area contributed by atoms with Crippen molar-refractivity contribution < 1.29 is 4.39 Å². The first-order chi connectivity index (χ1) is 13.6. The van der Waals surface area contributed by atoms with Gasteiger partial charge in [-0.3, -0.25) is 14.0 Å². The molecule has 7 nitrogen and oxygen atoms in total. The van der Waals surface area contributed by atoms with Crippen LogP contribution in [0.1, 0.15) is 31.7 Å².